The van der Waals surface area contributed by atoms with Crippen LogP contribution in [0.5, 0.6) is 5.75 Å². The maximum atomic E-state index is 12.0. The number of para-hydroxylation sites is 1. The molecule has 3 amide bonds. The lowest BCUT2D eigenvalue weighted by molar-refractivity contribution is -0.130. The first-order chi connectivity index (χ1) is 13.8. The molecule has 2 aromatic rings. The Morgan fingerprint density at radius 2 is 1.41 bits per heavy atom. The quantitative estimate of drug-likeness (QED) is 0.626. The van der Waals surface area contributed by atoms with E-state index in [1.807, 2.05) is 64.1 Å². The summed E-state index contributed by atoms with van der Waals surface area (Å²) < 4.78 is 5.52. The van der Waals surface area contributed by atoms with Gasteiger partial charge in [-0.15, -0.1) is 0 Å². The average molecular weight is 397 g/mol. The molecule has 0 bridgehead atoms. The molecule has 7 nitrogen and oxygen atoms in total. The van der Waals surface area contributed by atoms with Crippen LogP contribution in [0.25, 0.3) is 0 Å². The topological polar surface area (TPSA) is 96.5 Å². The molecule has 0 unspecified atom stereocenters. The third-order valence-corrected chi connectivity index (χ3v) is 4.34. The van der Waals surface area contributed by atoms with Gasteiger partial charge in [0.25, 0.3) is 5.91 Å². The molecule has 2 aromatic carbocycles. The van der Waals surface area contributed by atoms with Crippen LogP contribution in [0.4, 0.5) is 5.69 Å². The molecule has 0 radical (unpaired) electrons. The molecule has 154 valence electrons. The van der Waals surface area contributed by atoms with Gasteiger partial charge < -0.3 is 10.1 Å². The van der Waals surface area contributed by atoms with Crippen LogP contribution in [0.3, 0.4) is 0 Å². The highest BCUT2D eigenvalue weighted by Gasteiger charge is 2.11. The minimum atomic E-state index is -0.485. The number of nitrogens with one attached hydrogen (secondary N) is 3. The van der Waals surface area contributed by atoms with Gasteiger partial charge >= 0.3 is 0 Å². The van der Waals surface area contributed by atoms with Crippen LogP contribution in [-0.4, -0.2) is 24.3 Å². The van der Waals surface area contributed by atoms with Crippen LogP contribution >= 0.6 is 0 Å². The number of anilines is 1. The first kappa shape index (κ1) is 21.9. The van der Waals surface area contributed by atoms with E-state index in [2.05, 4.69) is 16.2 Å². The van der Waals surface area contributed by atoms with E-state index in [0.29, 0.717) is 5.75 Å². The van der Waals surface area contributed by atoms with Gasteiger partial charge in [0.05, 0.1) is 0 Å². The van der Waals surface area contributed by atoms with E-state index in [9.17, 15) is 14.4 Å². The second-order valence-corrected chi connectivity index (χ2v) is 6.97. The van der Waals surface area contributed by atoms with Crippen molar-refractivity contribution in [3.8, 4) is 5.75 Å². The molecule has 7 heteroatoms. The summed E-state index contributed by atoms with van der Waals surface area (Å²) in [5.41, 5.74) is 9.14. The Balaban J connectivity index is 1.70. The van der Waals surface area contributed by atoms with E-state index < -0.39 is 11.8 Å². The van der Waals surface area contributed by atoms with Gasteiger partial charge in [0.2, 0.25) is 11.8 Å². The first-order valence-electron chi connectivity index (χ1n) is 9.40. The minimum absolute atomic E-state index is 0.00793. The Kier molecular flexibility index (Phi) is 7.77. The summed E-state index contributed by atoms with van der Waals surface area (Å²) in [7, 11) is 0. The molecule has 0 saturated carbocycles. The number of carbonyl (C=O) groups excluding carboxylic acids is 3. The zero-order chi connectivity index (χ0) is 21.4. The SMILES string of the molecule is Cc1ccc(C)c(NC(=O)CCC(=O)NNC(=O)COc2c(C)cccc2C)c1. The Hall–Kier alpha value is -3.35. The van der Waals surface area contributed by atoms with E-state index >= 15 is 0 Å². The predicted octanol–water partition coefficient (Wildman–Crippen LogP) is 2.87. The number of amides is 3. The molecule has 0 atom stereocenters. The van der Waals surface area contributed by atoms with Gasteiger partial charge in [0, 0.05) is 18.5 Å². The zero-order valence-corrected chi connectivity index (χ0v) is 17.2. The van der Waals surface area contributed by atoms with Crippen molar-refractivity contribution in [2.24, 2.45) is 0 Å². The summed E-state index contributed by atoms with van der Waals surface area (Å²) in [6.07, 6.45) is -0.0390. The van der Waals surface area contributed by atoms with Gasteiger partial charge in [-0.3, -0.25) is 25.2 Å². The lowest BCUT2D eigenvalue weighted by Gasteiger charge is -2.12. The summed E-state index contributed by atoms with van der Waals surface area (Å²) in [6, 6.07) is 11.5. The van der Waals surface area contributed by atoms with Crippen molar-refractivity contribution in [1.29, 1.82) is 0 Å². The molecule has 0 aliphatic carbocycles. The number of hydrogen-bond acceptors (Lipinski definition) is 4. The van der Waals surface area contributed by atoms with Crippen molar-refractivity contribution in [2.45, 2.75) is 40.5 Å². The summed E-state index contributed by atoms with van der Waals surface area (Å²) in [5.74, 6) is -0.557. The largest absolute Gasteiger partial charge is 0.483 e. The van der Waals surface area contributed by atoms with Gasteiger partial charge in [0.15, 0.2) is 6.61 Å². The van der Waals surface area contributed by atoms with E-state index in [4.69, 9.17) is 4.74 Å². The van der Waals surface area contributed by atoms with Gasteiger partial charge in [-0.05, 0) is 56.0 Å². The highest BCUT2D eigenvalue weighted by molar-refractivity contribution is 5.94. The third-order valence-electron chi connectivity index (χ3n) is 4.34. The molecule has 0 spiro atoms. The van der Waals surface area contributed by atoms with Crippen molar-refractivity contribution in [3.63, 3.8) is 0 Å². The van der Waals surface area contributed by atoms with Gasteiger partial charge in [0.1, 0.15) is 5.75 Å². The summed E-state index contributed by atoms with van der Waals surface area (Å²) in [6.45, 7) is 7.41. The number of rotatable bonds is 7. The normalized spacial score (nSPS) is 10.2. The van der Waals surface area contributed by atoms with Gasteiger partial charge in [-0.25, -0.2) is 0 Å². The monoisotopic (exact) mass is 397 g/mol. The maximum Gasteiger partial charge on any atom is 0.276 e. The van der Waals surface area contributed by atoms with E-state index in [1.165, 1.54) is 0 Å². The molecule has 0 aliphatic rings. The number of hydrogen-bond donors (Lipinski definition) is 3. The second kappa shape index (κ2) is 10.3. The Bertz CT molecular complexity index is 889. The first-order valence-corrected chi connectivity index (χ1v) is 9.40. The highest BCUT2D eigenvalue weighted by atomic mass is 16.5. The Morgan fingerprint density at radius 3 is 2.10 bits per heavy atom. The van der Waals surface area contributed by atoms with Crippen molar-refractivity contribution in [1.82, 2.24) is 10.9 Å². The lowest BCUT2D eigenvalue weighted by Crippen LogP contribution is -2.44. The molecule has 0 aromatic heterocycles. The number of hydrazine groups is 1. The van der Waals surface area contributed by atoms with Crippen molar-refractivity contribution >= 4 is 23.4 Å². The van der Waals surface area contributed by atoms with E-state index in [0.717, 1.165) is 27.9 Å². The van der Waals surface area contributed by atoms with Crippen LogP contribution in [0.2, 0.25) is 0 Å². The molecule has 2 rings (SSSR count). The van der Waals surface area contributed by atoms with Crippen LogP contribution in [-0.2, 0) is 14.4 Å². The molecule has 0 heterocycles. The van der Waals surface area contributed by atoms with Gasteiger partial charge in [-0.2, -0.15) is 0 Å². The molecule has 0 fully saturated rings. The maximum absolute atomic E-state index is 12.0. The number of ether oxygens (including phenoxy) is 1. The fourth-order valence-corrected chi connectivity index (χ4v) is 2.71. The van der Waals surface area contributed by atoms with Gasteiger partial charge in [-0.1, -0.05) is 30.3 Å². The molecule has 3 N–H and O–H groups in total. The summed E-state index contributed by atoms with van der Waals surface area (Å²) >= 11 is 0. The van der Waals surface area contributed by atoms with Crippen molar-refractivity contribution in [2.75, 3.05) is 11.9 Å². The molecular formula is C22H27N3O4. The molecule has 0 aliphatic heterocycles. The van der Waals surface area contributed by atoms with Crippen LogP contribution in [0.15, 0.2) is 36.4 Å². The molecule has 0 saturated heterocycles. The Morgan fingerprint density at radius 1 is 0.793 bits per heavy atom. The van der Waals surface area contributed by atoms with E-state index in [1.54, 1.807) is 0 Å². The number of benzene rings is 2. The second-order valence-electron chi connectivity index (χ2n) is 6.97. The predicted molar refractivity (Wildman–Crippen MR) is 111 cm³/mol. The van der Waals surface area contributed by atoms with Crippen LogP contribution in [0, 0.1) is 27.7 Å². The molecular weight excluding hydrogens is 370 g/mol. The summed E-state index contributed by atoms with van der Waals surface area (Å²) in [5, 5.41) is 2.79. The van der Waals surface area contributed by atoms with Crippen molar-refractivity contribution < 1.29 is 19.1 Å². The summed E-state index contributed by atoms with van der Waals surface area (Å²) in [4.78, 5) is 35.8. The van der Waals surface area contributed by atoms with Crippen LogP contribution in [0.1, 0.15) is 35.1 Å². The Labute approximate surface area is 170 Å². The smallest absolute Gasteiger partial charge is 0.276 e. The minimum Gasteiger partial charge on any atom is -0.483 e. The van der Waals surface area contributed by atoms with Crippen LogP contribution < -0.4 is 20.9 Å². The van der Waals surface area contributed by atoms with Crippen molar-refractivity contribution in [3.05, 3.63) is 58.7 Å². The lowest BCUT2D eigenvalue weighted by atomic mass is 10.1. The van der Waals surface area contributed by atoms with E-state index in [-0.39, 0.29) is 25.4 Å². The fraction of sp³-hybridized carbons (Fsp3) is 0.318. The third kappa shape index (κ3) is 6.95. The number of carbonyl (C=O) groups is 3. The molecule has 29 heavy (non-hydrogen) atoms. The standard InChI is InChI=1S/C22H27N3O4/c1-14-8-9-15(2)18(12-14)23-19(26)10-11-20(27)24-25-21(28)13-29-22-16(3)6-5-7-17(22)4/h5-9,12H,10-11,13H2,1-4H3,(H,23,26)(H,24,27)(H,25,28). The zero-order valence-electron chi connectivity index (χ0n) is 17.2. The average Bonchev–Trinajstić information content (AvgIpc) is 2.67. The number of aryl methyl sites for hydroxylation is 4. The fourth-order valence-electron chi connectivity index (χ4n) is 2.71. The highest BCUT2D eigenvalue weighted by Crippen LogP contribution is 2.22.